The Bertz CT molecular complexity index is 1480. The summed E-state index contributed by atoms with van der Waals surface area (Å²) in [5.74, 6) is 0.599. The molecule has 0 aliphatic rings. The zero-order valence-corrected chi connectivity index (χ0v) is 19.4. The number of H-pyrrole nitrogens is 1. The first kappa shape index (κ1) is 22.3. The van der Waals surface area contributed by atoms with E-state index in [1.54, 1.807) is 24.4 Å². The summed E-state index contributed by atoms with van der Waals surface area (Å²) >= 11 is 0. The lowest BCUT2D eigenvalue weighted by Gasteiger charge is -2.19. The number of nitrogens with one attached hydrogen (secondary N) is 2. The number of rotatable bonds is 7. The number of phenols is 1. The van der Waals surface area contributed by atoms with Gasteiger partial charge in [-0.05, 0) is 54.3 Å². The van der Waals surface area contributed by atoms with E-state index in [1.807, 2.05) is 60.8 Å². The average molecular weight is 463 g/mol. The highest BCUT2D eigenvalue weighted by Crippen LogP contribution is 2.25. The molecule has 0 saturated heterocycles. The predicted octanol–water partition coefficient (Wildman–Crippen LogP) is 5.28. The van der Waals surface area contributed by atoms with Crippen molar-refractivity contribution >= 4 is 16.8 Å². The Morgan fingerprint density at radius 1 is 1.03 bits per heavy atom. The van der Waals surface area contributed by atoms with Crippen LogP contribution in [0.5, 0.6) is 5.75 Å². The summed E-state index contributed by atoms with van der Waals surface area (Å²) < 4.78 is 0. The summed E-state index contributed by atoms with van der Waals surface area (Å²) in [4.78, 5) is 25.7. The number of fused-ring (bicyclic) bond motifs is 1. The van der Waals surface area contributed by atoms with Gasteiger partial charge in [0.2, 0.25) is 5.91 Å². The normalized spacial score (nSPS) is 11.9. The zero-order valence-electron chi connectivity index (χ0n) is 19.4. The molecule has 0 fully saturated rings. The Morgan fingerprint density at radius 3 is 2.66 bits per heavy atom. The summed E-state index contributed by atoms with van der Waals surface area (Å²) in [5.41, 5.74) is 5.78. The number of aryl methyl sites for hydroxylation is 1. The lowest BCUT2D eigenvalue weighted by atomic mass is 10.0. The molecule has 174 valence electrons. The molecule has 1 unspecified atom stereocenters. The van der Waals surface area contributed by atoms with Crippen LogP contribution in [0.2, 0.25) is 0 Å². The van der Waals surface area contributed by atoms with E-state index in [-0.39, 0.29) is 18.1 Å². The smallest absolute Gasteiger partial charge is 0.225 e. The molecule has 1 atom stereocenters. The fraction of sp³-hybridized carbons (Fsp3) is 0.138. The minimum atomic E-state index is -0.396. The number of carbonyl (C=O) groups excluding carboxylic acids is 1. The van der Waals surface area contributed by atoms with Crippen LogP contribution < -0.4 is 5.32 Å². The highest BCUT2D eigenvalue weighted by molar-refractivity contribution is 5.89. The van der Waals surface area contributed by atoms with Crippen LogP contribution in [0.1, 0.15) is 28.6 Å². The van der Waals surface area contributed by atoms with E-state index < -0.39 is 6.04 Å². The van der Waals surface area contributed by atoms with Gasteiger partial charge in [-0.1, -0.05) is 54.6 Å². The summed E-state index contributed by atoms with van der Waals surface area (Å²) in [7, 11) is 0. The molecule has 1 amide bonds. The number of hydrogen-bond acceptors (Lipinski definition) is 4. The van der Waals surface area contributed by atoms with E-state index in [9.17, 15) is 9.90 Å². The molecule has 2 heterocycles. The Morgan fingerprint density at radius 2 is 1.83 bits per heavy atom. The molecule has 0 radical (unpaired) electrons. The maximum atomic E-state index is 13.2. The first-order valence-corrected chi connectivity index (χ1v) is 11.6. The first-order chi connectivity index (χ1) is 17.1. The van der Waals surface area contributed by atoms with Gasteiger partial charge in [-0.15, -0.1) is 0 Å². The van der Waals surface area contributed by atoms with Gasteiger partial charge in [-0.2, -0.15) is 0 Å². The molecule has 0 saturated carbocycles. The summed E-state index contributed by atoms with van der Waals surface area (Å²) in [6.45, 7) is 2.05. The molecule has 3 N–H and O–H groups in total. The monoisotopic (exact) mass is 462 g/mol. The quantitative estimate of drug-likeness (QED) is 0.307. The Hall–Kier alpha value is -4.45. The SMILES string of the molecule is Cc1ccccc1-c1ccnc(C(Cc2ccccc2)NC(=O)Cc2c[nH]c3ccc(O)cc23)n1. The lowest BCUT2D eigenvalue weighted by molar-refractivity contribution is -0.121. The molecular weight excluding hydrogens is 436 g/mol. The van der Waals surface area contributed by atoms with Crippen LogP contribution >= 0.6 is 0 Å². The second kappa shape index (κ2) is 9.81. The van der Waals surface area contributed by atoms with Crippen molar-refractivity contribution in [2.45, 2.75) is 25.8 Å². The summed E-state index contributed by atoms with van der Waals surface area (Å²) in [6, 6.07) is 24.7. The molecule has 6 nitrogen and oxygen atoms in total. The lowest BCUT2D eigenvalue weighted by Crippen LogP contribution is -2.32. The van der Waals surface area contributed by atoms with Crippen LogP contribution in [-0.2, 0) is 17.6 Å². The standard InChI is InChI=1S/C29H26N4O2/c1-19-7-5-6-10-23(19)26-13-14-30-29(33-26)27(15-20-8-3-2-4-9-20)32-28(35)16-21-18-31-25-12-11-22(34)17-24(21)25/h2-14,17-18,27,31,34H,15-16H2,1H3,(H,32,35). The van der Waals surface area contributed by atoms with Gasteiger partial charge < -0.3 is 15.4 Å². The molecule has 0 aliphatic heterocycles. The number of aromatic nitrogens is 3. The van der Waals surface area contributed by atoms with Crippen LogP contribution in [0.3, 0.4) is 0 Å². The van der Waals surface area contributed by atoms with E-state index in [4.69, 9.17) is 4.98 Å². The molecule has 0 spiro atoms. The Kier molecular flexibility index (Phi) is 6.26. The zero-order chi connectivity index (χ0) is 24.2. The van der Waals surface area contributed by atoms with Gasteiger partial charge in [-0.3, -0.25) is 4.79 Å². The van der Waals surface area contributed by atoms with Crippen molar-refractivity contribution in [2.24, 2.45) is 0 Å². The van der Waals surface area contributed by atoms with Gasteiger partial charge in [0, 0.05) is 28.9 Å². The van der Waals surface area contributed by atoms with Crippen LogP contribution in [0.4, 0.5) is 0 Å². The van der Waals surface area contributed by atoms with Crippen molar-refractivity contribution in [2.75, 3.05) is 0 Å². The van der Waals surface area contributed by atoms with Crippen molar-refractivity contribution in [3.05, 3.63) is 114 Å². The summed E-state index contributed by atoms with van der Waals surface area (Å²) in [5, 5.41) is 13.9. The van der Waals surface area contributed by atoms with Gasteiger partial charge >= 0.3 is 0 Å². The molecule has 5 rings (SSSR count). The average Bonchev–Trinajstić information content (AvgIpc) is 3.26. The third-order valence-electron chi connectivity index (χ3n) is 6.13. The third-order valence-corrected chi connectivity index (χ3v) is 6.13. The topological polar surface area (TPSA) is 90.9 Å². The van der Waals surface area contributed by atoms with Crippen LogP contribution in [-0.4, -0.2) is 26.0 Å². The van der Waals surface area contributed by atoms with Gasteiger partial charge in [0.1, 0.15) is 5.75 Å². The Balaban J connectivity index is 1.43. The highest BCUT2D eigenvalue weighted by atomic mass is 16.3. The fourth-order valence-corrected chi connectivity index (χ4v) is 4.34. The fourth-order valence-electron chi connectivity index (χ4n) is 4.34. The predicted molar refractivity (Wildman–Crippen MR) is 137 cm³/mol. The largest absolute Gasteiger partial charge is 0.508 e. The maximum absolute atomic E-state index is 13.2. The van der Waals surface area contributed by atoms with E-state index in [2.05, 4.69) is 28.3 Å². The van der Waals surface area contributed by atoms with E-state index in [0.717, 1.165) is 38.9 Å². The highest BCUT2D eigenvalue weighted by Gasteiger charge is 2.20. The van der Waals surface area contributed by atoms with Gasteiger partial charge in [0.15, 0.2) is 5.82 Å². The van der Waals surface area contributed by atoms with Crippen LogP contribution in [0.15, 0.2) is 91.3 Å². The number of phenolic OH excluding ortho intramolecular Hbond substituents is 1. The number of hydrogen-bond donors (Lipinski definition) is 3. The maximum Gasteiger partial charge on any atom is 0.225 e. The second-order valence-electron chi connectivity index (χ2n) is 8.65. The van der Waals surface area contributed by atoms with E-state index in [0.29, 0.717) is 12.2 Å². The molecule has 3 aromatic carbocycles. The molecule has 0 aliphatic carbocycles. The number of aromatic hydroxyl groups is 1. The Labute approximate surface area is 203 Å². The minimum absolute atomic E-state index is 0.139. The molecule has 2 aromatic heterocycles. The van der Waals surface area contributed by atoms with Crippen molar-refractivity contribution in [1.29, 1.82) is 0 Å². The van der Waals surface area contributed by atoms with E-state index in [1.165, 1.54) is 0 Å². The second-order valence-corrected chi connectivity index (χ2v) is 8.65. The number of amides is 1. The molecular formula is C29H26N4O2. The number of carbonyl (C=O) groups is 1. The molecule has 5 aromatic rings. The number of nitrogens with zero attached hydrogens (tertiary/aromatic N) is 2. The van der Waals surface area contributed by atoms with Crippen molar-refractivity contribution < 1.29 is 9.90 Å². The van der Waals surface area contributed by atoms with E-state index >= 15 is 0 Å². The minimum Gasteiger partial charge on any atom is -0.508 e. The van der Waals surface area contributed by atoms with Gasteiger partial charge in [0.25, 0.3) is 0 Å². The first-order valence-electron chi connectivity index (χ1n) is 11.6. The van der Waals surface area contributed by atoms with Crippen molar-refractivity contribution in [3.8, 4) is 17.0 Å². The van der Waals surface area contributed by atoms with Crippen molar-refractivity contribution in [1.82, 2.24) is 20.3 Å². The number of aromatic amines is 1. The van der Waals surface area contributed by atoms with Crippen molar-refractivity contribution in [3.63, 3.8) is 0 Å². The van der Waals surface area contributed by atoms with Gasteiger partial charge in [0.05, 0.1) is 18.2 Å². The molecule has 6 heteroatoms. The molecule has 0 bridgehead atoms. The van der Waals surface area contributed by atoms with Crippen LogP contribution in [0, 0.1) is 6.92 Å². The van der Waals surface area contributed by atoms with Crippen LogP contribution in [0.25, 0.3) is 22.2 Å². The number of benzene rings is 3. The third kappa shape index (κ3) is 5.06. The van der Waals surface area contributed by atoms with Gasteiger partial charge in [-0.25, -0.2) is 9.97 Å². The summed E-state index contributed by atoms with van der Waals surface area (Å²) in [6.07, 6.45) is 4.30. The molecule has 35 heavy (non-hydrogen) atoms.